The van der Waals surface area contributed by atoms with Gasteiger partial charge in [-0.1, -0.05) is 22.9 Å². The second-order valence-corrected chi connectivity index (χ2v) is 11.4. The zero-order chi connectivity index (χ0) is 28.9. The molecule has 0 bridgehead atoms. The molecule has 2 unspecified atom stereocenters. The predicted octanol–water partition coefficient (Wildman–Crippen LogP) is 3.62. The Balaban J connectivity index is 1.10. The topological polar surface area (TPSA) is 118 Å². The lowest BCUT2D eigenvalue weighted by Crippen LogP contribution is -2.48. The normalized spacial score (nSPS) is 21.9. The third kappa shape index (κ3) is 5.59. The first kappa shape index (κ1) is 27.4. The van der Waals surface area contributed by atoms with Crippen LogP contribution in [0.4, 0.5) is 25.1 Å². The standard InChI is InChI=1S/C28H33F3N8O2/c1-16-3-6-22(29)20(11-16)21-14-38(15-23(21)32)26-33-12-17(13-34-26)24(40)39(18-4-5-18)19-7-9-37(10-8-19)27-35-25(36-41-27)28(2,30)31/h3,6,11-13,18-19,21,23H,4-5,7-10,14-15,32H2,1-2H3. The maximum absolute atomic E-state index is 14.5. The van der Waals surface area contributed by atoms with Gasteiger partial charge < -0.3 is 25.0 Å². The summed E-state index contributed by atoms with van der Waals surface area (Å²) in [5, 5.41) is 3.41. The summed E-state index contributed by atoms with van der Waals surface area (Å²) in [6.45, 7) is 4.63. The van der Waals surface area contributed by atoms with Crippen LogP contribution in [0.25, 0.3) is 0 Å². The average molecular weight is 571 g/mol. The number of amides is 1. The molecule has 2 aliphatic heterocycles. The molecule has 0 radical (unpaired) electrons. The lowest BCUT2D eigenvalue weighted by Gasteiger charge is -2.38. The van der Waals surface area contributed by atoms with Crippen molar-refractivity contribution in [2.45, 2.75) is 69.5 Å². The second kappa shape index (κ2) is 10.6. The van der Waals surface area contributed by atoms with Gasteiger partial charge in [0.25, 0.3) is 5.91 Å². The van der Waals surface area contributed by atoms with Gasteiger partial charge >= 0.3 is 11.9 Å². The Bertz CT molecular complexity index is 1400. The molecule has 41 heavy (non-hydrogen) atoms. The van der Waals surface area contributed by atoms with Gasteiger partial charge in [0.15, 0.2) is 0 Å². The molecule has 13 heteroatoms. The number of benzene rings is 1. The van der Waals surface area contributed by atoms with Gasteiger partial charge in [0.05, 0.1) is 5.56 Å². The molecule has 218 valence electrons. The molecule has 1 aromatic carbocycles. The van der Waals surface area contributed by atoms with Crippen LogP contribution < -0.4 is 15.5 Å². The van der Waals surface area contributed by atoms with Crippen LogP contribution in [-0.4, -0.2) is 75.2 Å². The van der Waals surface area contributed by atoms with E-state index in [-0.39, 0.29) is 41.8 Å². The first-order valence-electron chi connectivity index (χ1n) is 14.0. The summed E-state index contributed by atoms with van der Waals surface area (Å²) in [5.74, 6) is -3.93. The number of carbonyl (C=O) groups is 1. The van der Waals surface area contributed by atoms with Crippen LogP contribution in [0.2, 0.25) is 0 Å². The van der Waals surface area contributed by atoms with Gasteiger partial charge in [-0.2, -0.15) is 13.8 Å². The van der Waals surface area contributed by atoms with Gasteiger partial charge in [-0.15, -0.1) is 0 Å². The predicted molar refractivity (Wildman–Crippen MR) is 144 cm³/mol. The summed E-state index contributed by atoms with van der Waals surface area (Å²) in [4.78, 5) is 32.1. The van der Waals surface area contributed by atoms with Crippen LogP contribution in [0, 0.1) is 12.7 Å². The van der Waals surface area contributed by atoms with E-state index in [1.807, 2.05) is 22.8 Å². The highest BCUT2D eigenvalue weighted by Crippen LogP contribution is 2.35. The Morgan fingerprint density at radius 3 is 2.39 bits per heavy atom. The number of halogens is 3. The van der Waals surface area contributed by atoms with E-state index >= 15 is 0 Å². The van der Waals surface area contributed by atoms with Crippen molar-refractivity contribution in [3.8, 4) is 0 Å². The van der Waals surface area contributed by atoms with Gasteiger partial charge in [0, 0.05) is 69.5 Å². The van der Waals surface area contributed by atoms with Crippen molar-refractivity contribution in [2.75, 3.05) is 36.0 Å². The Kier molecular flexibility index (Phi) is 7.08. The third-order valence-electron chi connectivity index (χ3n) is 8.20. The number of rotatable bonds is 7. The third-order valence-corrected chi connectivity index (χ3v) is 8.20. The number of piperidine rings is 1. The molecule has 4 heterocycles. The Labute approximate surface area is 235 Å². The Morgan fingerprint density at radius 2 is 1.76 bits per heavy atom. The molecule has 3 fully saturated rings. The second-order valence-electron chi connectivity index (χ2n) is 11.4. The van der Waals surface area contributed by atoms with Gasteiger partial charge in [-0.25, -0.2) is 14.4 Å². The lowest BCUT2D eigenvalue weighted by atomic mass is 9.93. The zero-order valence-electron chi connectivity index (χ0n) is 23.0. The summed E-state index contributed by atoms with van der Waals surface area (Å²) >= 11 is 0. The number of aryl methyl sites for hydroxylation is 1. The monoisotopic (exact) mass is 570 g/mol. The van der Waals surface area contributed by atoms with Gasteiger partial charge in [0.2, 0.25) is 11.8 Å². The van der Waals surface area contributed by atoms with Crippen molar-refractivity contribution in [1.82, 2.24) is 25.0 Å². The number of aromatic nitrogens is 4. The summed E-state index contributed by atoms with van der Waals surface area (Å²) in [5.41, 5.74) is 8.37. The molecule has 2 atom stereocenters. The van der Waals surface area contributed by atoms with Gasteiger partial charge in [-0.3, -0.25) is 4.79 Å². The molecule has 1 saturated carbocycles. The average Bonchev–Trinajstić information content (AvgIpc) is 3.49. The number of nitrogens with zero attached hydrogens (tertiary/aromatic N) is 7. The molecule has 1 amide bonds. The van der Waals surface area contributed by atoms with Crippen molar-refractivity contribution >= 4 is 17.9 Å². The fourth-order valence-corrected chi connectivity index (χ4v) is 5.85. The minimum Gasteiger partial charge on any atom is -0.339 e. The van der Waals surface area contributed by atoms with E-state index in [0.29, 0.717) is 56.1 Å². The van der Waals surface area contributed by atoms with E-state index in [1.165, 1.54) is 6.07 Å². The van der Waals surface area contributed by atoms with Crippen LogP contribution in [0.1, 0.15) is 65.8 Å². The van der Waals surface area contributed by atoms with Crippen molar-refractivity contribution in [3.63, 3.8) is 0 Å². The van der Waals surface area contributed by atoms with Crippen molar-refractivity contribution in [1.29, 1.82) is 0 Å². The SMILES string of the molecule is Cc1ccc(F)c(C2CN(c3ncc(C(=O)N(C4CC4)C4CCN(c5nc(C(C)(F)F)no5)CC4)cn3)CC2N)c1. The number of nitrogens with two attached hydrogens (primary N) is 1. The summed E-state index contributed by atoms with van der Waals surface area (Å²) in [6.07, 6.45) is 6.25. The maximum atomic E-state index is 14.5. The quantitative estimate of drug-likeness (QED) is 0.455. The summed E-state index contributed by atoms with van der Waals surface area (Å²) in [7, 11) is 0. The van der Waals surface area contributed by atoms with Crippen molar-refractivity contribution < 1.29 is 22.5 Å². The molecule has 2 N–H and O–H groups in total. The van der Waals surface area contributed by atoms with Crippen LogP contribution in [0.3, 0.4) is 0 Å². The highest BCUT2D eigenvalue weighted by molar-refractivity contribution is 5.94. The van der Waals surface area contributed by atoms with E-state index in [0.717, 1.165) is 25.3 Å². The summed E-state index contributed by atoms with van der Waals surface area (Å²) < 4.78 is 46.6. The van der Waals surface area contributed by atoms with E-state index in [1.54, 1.807) is 23.4 Å². The first-order valence-corrected chi connectivity index (χ1v) is 14.0. The number of carbonyl (C=O) groups excluding carboxylic acids is 1. The smallest absolute Gasteiger partial charge is 0.324 e. The van der Waals surface area contributed by atoms with Crippen molar-refractivity contribution in [3.05, 3.63) is 58.9 Å². The van der Waals surface area contributed by atoms with Crippen molar-refractivity contribution in [2.24, 2.45) is 5.73 Å². The van der Waals surface area contributed by atoms with Gasteiger partial charge in [0.1, 0.15) is 5.82 Å². The molecule has 0 spiro atoms. The molecule has 2 saturated heterocycles. The molecule has 2 aromatic heterocycles. The molecule has 1 aliphatic carbocycles. The van der Waals surface area contributed by atoms with E-state index < -0.39 is 11.7 Å². The molecular weight excluding hydrogens is 537 g/mol. The fraction of sp³-hybridized carbons (Fsp3) is 0.536. The van der Waals surface area contributed by atoms with Gasteiger partial charge in [-0.05, 0) is 44.2 Å². The number of hydrogen-bond donors (Lipinski definition) is 1. The minimum atomic E-state index is -3.17. The molecule has 6 rings (SSSR count). The van der Waals surface area contributed by atoms with Crippen LogP contribution >= 0.6 is 0 Å². The molecule has 3 aromatic rings. The highest BCUT2D eigenvalue weighted by atomic mass is 19.3. The van der Waals surface area contributed by atoms with Crippen LogP contribution in [-0.2, 0) is 5.92 Å². The van der Waals surface area contributed by atoms with Crippen LogP contribution in [0.5, 0.6) is 0 Å². The number of anilines is 2. The highest BCUT2D eigenvalue weighted by Gasteiger charge is 2.40. The number of hydrogen-bond acceptors (Lipinski definition) is 9. The van der Waals surface area contributed by atoms with E-state index in [2.05, 4.69) is 20.1 Å². The van der Waals surface area contributed by atoms with E-state index in [4.69, 9.17) is 10.3 Å². The first-order chi connectivity index (χ1) is 19.6. The minimum absolute atomic E-state index is 0.0116. The largest absolute Gasteiger partial charge is 0.339 e. The molecule has 10 nitrogen and oxygen atoms in total. The summed E-state index contributed by atoms with van der Waals surface area (Å²) in [6, 6.07) is 5.00. The van der Waals surface area contributed by atoms with E-state index in [9.17, 15) is 18.0 Å². The lowest BCUT2D eigenvalue weighted by molar-refractivity contribution is 0.00558. The maximum Gasteiger partial charge on any atom is 0.324 e. The molecule has 3 aliphatic rings. The molecular formula is C28H33F3N8O2. The number of alkyl halides is 2. The zero-order valence-corrected chi connectivity index (χ0v) is 23.0. The fourth-order valence-electron chi connectivity index (χ4n) is 5.85. The van der Waals surface area contributed by atoms with Crippen LogP contribution in [0.15, 0.2) is 35.1 Å². The Morgan fingerprint density at radius 1 is 1.07 bits per heavy atom. The Hall–Kier alpha value is -3.74.